The Morgan fingerprint density at radius 2 is 1.83 bits per heavy atom. The summed E-state index contributed by atoms with van der Waals surface area (Å²) in [5.41, 5.74) is 5.82. The number of nitrogens with zero attached hydrogens (tertiary/aromatic N) is 3. The molecule has 0 saturated carbocycles. The van der Waals surface area contributed by atoms with Crippen molar-refractivity contribution in [1.29, 1.82) is 0 Å². The van der Waals surface area contributed by atoms with Crippen molar-refractivity contribution in [3.8, 4) is 22.8 Å². The molecule has 4 heteroatoms. The van der Waals surface area contributed by atoms with E-state index in [0.717, 1.165) is 27.9 Å². The molecule has 1 aromatic heterocycles. The Kier molecular flexibility index (Phi) is 3.51. The van der Waals surface area contributed by atoms with Gasteiger partial charge in [-0.05, 0) is 45.8 Å². The largest absolute Gasteiger partial charge is 0.457 e. The molecule has 29 heavy (non-hydrogen) atoms. The molecular formula is C25H22N3O+. The van der Waals surface area contributed by atoms with Gasteiger partial charge in [0.15, 0.2) is 16.9 Å². The van der Waals surface area contributed by atoms with E-state index in [4.69, 9.17) is 11.3 Å². The van der Waals surface area contributed by atoms with E-state index in [1.807, 2.05) is 25.5 Å². The van der Waals surface area contributed by atoms with Crippen molar-refractivity contribution in [2.45, 2.75) is 33.1 Å². The first-order valence-electron chi connectivity index (χ1n) is 9.75. The molecule has 0 N–H and O–H groups in total. The summed E-state index contributed by atoms with van der Waals surface area (Å²) >= 11 is 0. The summed E-state index contributed by atoms with van der Waals surface area (Å²) in [5.74, 6) is 1.60. The molecule has 0 spiro atoms. The van der Waals surface area contributed by atoms with Crippen LogP contribution in [0.3, 0.4) is 0 Å². The van der Waals surface area contributed by atoms with E-state index >= 15 is 0 Å². The number of benzene rings is 3. The van der Waals surface area contributed by atoms with Crippen molar-refractivity contribution < 1.29 is 9.30 Å². The Morgan fingerprint density at radius 3 is 2.52 bits per heavy atom. The van der Waals surface area contributed by atoms with Crippen LogP contribution in [0.25, 0.3) is 37.8 Å². The molecule has 1 aliphatic rings. The van der Waals surface area contributed by atoms with E-state index in [1.165, 1.54) is 21.9 Å². The predicted octanol–water partition coefficient (Wildman–Crippen LogP) is 6.14. The molecular weight excluding hydrogens is 358 g/mol. The van der Waals surface area contributed by atoms with E-state index in [1.54, 1.807) is 0 Å². The minimum Gasteiger partial charge on any atom is -0.457 e. The third-order valence-electron chi connectivity index (χ3n) is 5.78. The van der Waals surface area contributed by atoms with Gasteiger partial charge in [0, 0.05) is 5.56 Å². The van der Waals surface area contributed by atoms with Crippen molar-refractivity contribution in [2.24, 2.45) is 7.05 Å². The first-order chi connectivity index (χ1) is 13.8. The van der Waals surface area contributed by atoms with Gasteiger partial charge in [-0.2, -0.15) is 0 Å². The summed E-state index contributed by atoms with van der Waals surface area (Å²) in [6.45, 7) is 16.3. The van der Waals surface area contributed by atoms with Gasteiger partial charge in [0.2, 0.25) is 0 Å². The van der Waals surface area contributed by atoms with Gasteiger partial charge in [-0.15, -0.1) is 0 Å². The second-order valence-corrected chi connectivity index (χ2v) is 8.76. The van der Waals surface area contributed by atoms with Crippen molar-refractivity contribution >= 4 is 27.4 Å². The van der Waals surface area contributed by atoms with Gasteiger partial charge in [0.1, 0.15) is 16.9 Å². The summed E-state index contributed by atoms with van der Waals surface area (Å²) < 4.78 is 8.67. The molecule has 0 fully saturated rings. The quantitative estimate of drug-likeness (QED) is 0.238. The summed E-state index contributed by atoms with van der Waals surface area (Å²) in [7, 11) is 2.02. The van der Waals surface area contributed by atoms with Crippen LogP contribution < -0.4 is 9.30 Å². The highest BCUT2D eigenvalue weighted by Crippen LogP contribution is 2.53. The SMILES string of the molecule is [C-]#[N+]c1cc2c3c([n+](C)cnc3c1)-c1c(c(C(C)(C)C)c3ccccc3c1C)O2. The average molecular weight is 380 g/mol. The summed E-state index contributed by atoms with van der Waals surface area (Å²) in [6.07, 6.45) is 1.83. The molecule has 5 rings (SSSR count). The zero-order chi connectivity index (χ0) is 20.5. The lowest BCUT2D eigenvalue weighted by molar-refractivity contribution is -0.662. The Labute approximate surface area is 170 Å². The number of ether oxygens (including phenoxy) is 1. The molecule has 4 aromatic rings. The molecule has 0 atom stereocenters. The molecule has 2 heterocycles. The normalized spacial score (nSPS) is 12.6. The number of aromatic nitrogens is 2. The number of hydrogen-bond donors (Lipinski definition) is 0. The molecule has 0 bridgehead atoms. The molecule has 4 nitrogen and oxygen atoms in total. The van der Waals surface area contributed by atoms with Crippen molar-refractivity contribution in [3.05, 3.63) is 65.3 Å². The first-order valence-corrected chi connectivity index (χ1v) is 9.75. The van der Waals surface area contributed by atoms with Gasteiger partial charge in [0.05, 0.1) is 19.2 Å². The van der Waals surface area contributed by atoms with Gasteiger partial charge in [-0.1, -0.05) is 45.0 Å². The van der Waals surface area contributed by atoms with Crippen LogP contribution in [0.5, 0.6) is 11.5 Å². The van der Waals surface area contributed by atoms with Gasteiger partial charge in [-0.3, -0.25) is 0 Å². The zero-order valence-corrected chi connectivity index (χ0v) is 17.3. The van der Waals surface area contributed by atoms with E-state index in [0.29, 0.717) is 11.4 Å². The number of aryl methyl sites for hydroxylation is 2. The lowest BCUT2D eigenvalue weighted by atomic mass is 9.79. The molecule has 1 aliphatic heterocycles. The van der Waals surface area contributed by atoms with Gasteiger partial charge in [-0.25, -0.2) is 9.41 Å². The fourth-order valence-electron chi connectivity index (χ4n) is 4.58. The van der Waals surface area contributed by atoms with E-state index in [-0.39, 0.29) is 5.41 Å². The molecule has 0 amide bonds. The Balaban J connectivity index is 2.05. The molecule has 3 aromatic carbocycles. The van der Waals surface area contributed by atoms with E-state index < -0.39 is 0 Å². The minimum absolute atomic E-state index is 0.114. The van der Waals surface area contributed by atoms with Gasteiger partial charge < -0.3 is 4.74 Å². The highest BCUT2D eigenvalue weighted by molar-refractivity contribution is 6.06. The number of fused-ring (bicyclic) bond motifs is 3. The summed E-state index contributed by atoms with van der Waals surface area (Å²) in [5, 5.41) is 3.42. The van der Waals surface area contributed by atoms with Crippen molar-refractivity contribution in [2.75, 3.05) is 0 Å². The third-order valence-corrected chi connectivity index (χ3v) is 5.78. The topological polar surface area (TPSA) is 30.4 Å². The van der Waals surface area contributed by atoms with Gasteiger partial charge in [0.25, 0.3) is 6.33 Å². The van der Waals surface area contributed by atoms with Crippen LogP contribution in [0.1, 0.15) is 31.9 Å². The standard InChI is InChI=1S/C25H22N3O/c1-14-16-9-7-8-10-17(16)22(25(2,3)4)24-20(14)23-21-18(27-13-28(23)6)11-15(26-5)12-19(21)29-24/h7-13H,1-4,6H3/q+1. The predicted molar refractivity (Wildman–Crippen MR) is 116 cm³/mol. The minimum atomic E-state index is -0.114. The fourth-order valence-corrected chi connectivity index (χ4v) is 4.58. The lowest BCUT2D eigenvalue weighted by Crippen LogP contribution is -2.33. The van der Waals surface area contributed by atoms with E-state index in [9.17, 15) is 0 Å². The van der Waals surface area contributed by atoms with Crippen LogP contribution in [0.2, 0.25) is 0 Å². The molecule has 0 saturated heterocycles. The summed E-state index contributed by atoms with van der Waals surface area (Å²) in [6, 6.07) is 12.2. The van der Waals surface area contributed by atoms with Crippen molar-refractivity contribution in [1.82, 2.24) is 4.98 Å². The fraction of sp³-hybridized carbons (Fsp3) is 0.240. The second-order valence-electron chi connectivity index (χ2n) is 8.76. The number of rotatable bonds is 0. The smallest absolute Gasteiger partial charge is 0.287 e. The molecule has 0 aliphatic carbocycles. The third kappa shape index (κ3) is 2.37. The lowest BCUT2D eigenvalue weighted by Gasteiger charge is -2.30. The molecule has 142 valence electrons. The number of hydrogen-bond acceptors (Lipinski definition) is 2. The van der Waals surface area contributed by atoms with Crippen LogP contribution >= 0.6 is 0 Å². The Morgan fingerprint density at radius 1 is 1.10 bits per heavy atom. The average Bonchev–Trinajstić information content (AvgIpc) is 2.68. The van der Waals surface area contributed by atoms with E-state index in [2.05, 4.69) is 66.4 Å². The van der Waals surface area contributed by atoms with Crippen molar-refractivity contribution in [3.63, 3.8) is 0 Å². The van der Waals surface area contributed by atoms with Crippen LogP contribution in [-0.4, -0.2) is 4.98 Å². The monoisotopic (exact) mass is 380 g/mol. The summed E-state index contributed by atoms with van der Waals surface area (Å²) in [4.78, 5) is 8.19. The second kappa shape index (κ2) is 5.78. The van der Waals surface area contributed by atoms with Crippen LogP contribution in [0, 0.1) is 13.5 Å². The van der Waals surface area contributed by atoms with Crippen LogP contribution in [-0.2, 0) is 12.5 Å². The highest BCUT2D eigenvalue weighted by atomic mass is 16.5. The van der Waals surface area contributed by atoms with Crippen LogP contribution in [0.4, 0.5) is 5.69 Å². The van der Waals surface area contributed by atoms with Gasteiger partial charge >= 0.3 is 0 Å². The highest BCUT2D eigenvalue weighted by Gasteiger charge is 2.35. The first kappa shape index (κ1) is 17.6. The Bertz CT molecular complexity index is 1390. The maximum Gasteiger partial charge on any atom is 0.287 e. The molecule has 0 unspecified atom stereocenters. The zero-order valence-electron chi connectivity index (χ0n) is 17.3. The van der Waals surface area contributed by atoms with Crippen LogP contribution in [0.15, 0.2) is 42.7 Å². The maximum absolute atomic E-state index is 7.47. The Hall–Kier alpha value is -3.45. The maximum atomic E-state index is 7.47. The molecule has 0 radical (unpaired) electrons.